The molecule has 3 rings (SSSR count). The van der Waals surface area contributed by atoms with Crippen LogP contribution >= 0.6 is 0 Å². The van der Waals surface area contributed by atoms with Crippen molar-refractivity contribution < 1.29 is 5.11 Å². The highest BCUT2D eigenvalue weighted by molar-refractivity contribution is 5.30. The second-order valence-electron chi connectivity index (χ2n) is 4.68. The first-order chi connectivity index (χ1) is 6.34. The number of hydrogen-bond acceptors (Lipinski definition) is 1. The van der Waals surface area contributed by atoms with Crippen LogP contribution < -0.4 is 0 Å². The van der Waals surface area contributed by atoms with E-state index < -0.39 is 0 Å². The molecule has 1 fully saturated rings. The van der Waals surface area contributed by atoms with Crippen molar-refractivity contribution in [1.82, 2.24) is 0 Å². The molecule has 0 aromatic heterocycles. The highest BCUT2D eigenvalue weighted by Gasteiger charge is 2.53. The standard InChI is InChI=1S/C12H16O/c13-11-6-2-5-9-3-1-4-10-7-8-12(9,10)11/h1,3,7-11,13H,2,4-6H2/t9-,10+,11+,12-/m0/s1. The van der Waals surface area contributed by atoms with Gasteiger partial charge in [-0.3, -0.25) is 0 Å². The van der Waals surface area contributed by atoms with Crippen LogP contribution in [-0.2, 0) is 0 Å². The van der Waals surface area contributed by atoms with E-state index >= 15 is 0 Å². The van der Waals surface area contributed by atoms with E-state index in [1.54, 1.807) is 0 Å². The highest BCUT2D eigenvalue weighted by atomic mass is 16.3. The molecule has 0 radical (unpaired) electrons. The molecule has 0 heterocycles. The van der Waals surface area contributed by atoms with E-state index in [9.17, 15) is 5.11 Å². The largest absolute Gasteiger partial charge is 0.392 e. The van der Waals surface area contributed by atoms with Crippen molar-refractivity contribution in [2.75, 3.05) is 0 Å². The van der Waals surface area contributed by atoms with Gasteiger partial charge in [0.25, 0.3) is 0 Å². The van der Waals surface area contributed by atoms with E-state index in [-0.39, 0.29) is 11.5 Å². The van der Waals surface area contributed by atoms with E-state index in [1.807, 2.05) is 0 Å². The van der Waals surface area contributed by atoms with E-state index in [0.29, 0.717) is 11.8 Å². The van der Waals surface area contributed by atoms with Gasteiger partial charge in [0.2, 0.25) is 0 Å². The molecule has 13 heavy (non-hydrogen) atoms. The molecule has 0 aromatic rings. The van der Waals surface area contributed by atoms with E-state index in [0.717, 1.165) is 12.8 Å². The van der Waals surface area contributed by atoms with Gasteiger partial charge in [-0.05, 0) is 31.1 Å². The molecule has 0 bridgehead atoms. The number of allylic oxidation sites excluding steroid dienone is 3. The molecule has 1 nitrogen and oxygen atoms in total. The Morgan fingerprint density at radius 1 is 1.15 bits per heavy atom. The average Bonchev–Trinajstić information content (AvgIpc) is 2.09. The molecule has 0 aliphatic heterocycles. The Bertz CT molecular complexity index is 279. The number of aliphatic hydroxyl groups excluding tert-OH is 1. The fourth-order valence-corrected chi connectivity index (χ4v) is 3.42. The van der Waals surface area contributed by atoms with Gasteiger partial charge in [0.05, 0.1) is 6.10 Å². The van der Waals surface area contributed by atoms with Gasteiger partial charge >= 0.3 is 0 Å². The van der Waals surface area contributed by atoms with Crippen LogP contribution in [0.25, 0.3) is 0 Å². The summed E-state index contributed by atoms with van der Waals surface area (Å²) in [7, 11) is 0. The molecule has 1 spiro atoms. The molecule has 0 amide bonds. The maximum absolute atomic E-state index is 10.1. The summed E-state index contributed by atoms with van der Waals surface area (Å²) < 4.78 is 0. The third kappa shape index (κ3) is 0.812. The Hall–Kier alpha value is -0.560. The van der Waals surface area contributed by atoms with Gasteiger partial charge in [0.15, 0.2) is 0 Å². The summed E-state index contributed by atoms with van der Waals surface area (Å²) >= 11 is 0. The molecule has 0 aromatic carbocycles. The van der Waals surface area contributed by atoms with E-state index in [1.165, 1.54) is 12.8 Å². The van der Waals surface area contributed by atoms with Crippen molar-refractivity contribution in [2.45, 2.75) is 31.8 Å². The highest BCUT2D eigenvalue weighted by Crippen LogP contribution is 2.57. The summed E-state index contributed by atoms with van der Waals surface area (Å²) in [6, 6.07) is 0. The van der Waals surface area contributed by atoms with Crippen LogP contribution in [0.5, 0.6) is 0 Å². The molecule has 1 heteroatoms. The lowest BCUT2D eigenvalue weighted by molar-refractivity contribution is -0.0510. The molecule has 1 N–H and O–H groups in total. The fraction of sp³-hybridized carbons (Fsp3) is 0.667. The Morgan fingerprint density at radius 2 is 2.08 bits per heavy atom. The maximum atomic E-state index is 10.1. The lowest BCUT2D eigenvalue weighted by atomic mass is 9.50. The summed E-state index contributed by atoms with van der Waals surface area (Å²) in [6.45, 7) is 0. The van der Waals surface area contributed by atoms with Crippen LogP contribution in [-0.4, -0.2) is 11.2 Å². The summed E-state index contributed by atoms with van der Waals surface area (Å²) in [5, 5.41) is 10.1. The van der Waals surface area contributed by atoms with Gasteiger partial charge in [-0.25, -0.2) is 0 Å². The maximum Gasteiger partial charge on any atom is 0.0642 e. The molecular formula is C12H16O. The van der Waals surface area contributed by atoms with Gasteiger partial charge in [0.1, 0.15) is 0 Å². The minimum Gasteiger partial charge on any atom is -0.392 e. The van der Waals surface area contributed by atoms with Crippen LogP contribution in [0.4, 0.5) is 0 Å². The molecule has 0 saturated heterocycles. The minimum absolute atomic E-state index is 0.0776. The number of aliphatic hydroxyl groups is 1. The lowest BCUT2D eigenvalue weighted by Crippen LogP contribution is -2.53. The van der Waals surface area contributed by atoms with Gasteiger partial charge < -0.3 is 5.11 Å². The third-order valence-electron chi connectivity index (χ3n) is 4.23. The number of rotatable bonds is 0. The molecular weight excluding hydrogens is 160 g/mol. The first-order valence-electron chi connectivity index (χ1n) is 5.38. The third-order valence-corrected chi connectivity index (χ3v) is 4.23. The zero-order chi connectivity index (χ0) is 8.89. The van der Waals surface area contributed by atoms with Gasteiger partial charge in [-0.1, -0.05) is 30.7 Å². The van der Waals surface area contributed by atoms with Crippen molar-refractivity contribution in [3.8, 4) is 0 Å². The fourth-order valence-electron chi connectivity index (χ4n) is 3.42. The van der Waals surface area contributed by atoms with Crippen molar-refractivity contribution >= 4 is 0 Å². The quantitative estimate of drug-likeness (QED) is 0.561. The second kappa shape index (κ2) is 2.48. The molecule has 1 saturated carbocycles. The summed E-state index contributed by atoms with van der Waals surface area (Å²) in [5.41, 5.74) is 0.160. The van der Waals surface area contributed by atoms with Crippen LogP contribution in [0.1, 0.15) is 25.7 Å². The minimum atomic E-state index is -0.0776. The van der Waals surface area contributed by atoms with Crippen LogP contribution in [0.3, 0.4) is 0 Å². The molecule has 3 aliphatic rings. The molecule has 70 valence electrons. The van der Waals surface area contributed by atoms with Gasteiger partial charge in [-0.15, -0.1) is 0 Å². The molecule has 3 aliphatic carbocycles. The first kappa shape index (κ1) is 7.81. The monoisotopic (exact) mass is 176 g/mol. The Kier molecular flexibility index (Phi) is 1.49. The predicted molar refractivity (Wildman–Crippen MR) is 52.2 cm³/mol. The zero-order valence-electron chi connectivity index (χ0n) is 7.82. The second-order valence-corrected chi connectivity index (χ2v) is 4.68. The zero-order valence-corrected chi connectivity index (χ0v) is 7.82. The molecule has 4 atom stereocenters. The summed E-state index contributed by atoms with van der Waals surface area (Å²) in [4.78, 5) is 0. The van der Waals surface area contributed by atoms with Crippen LogP contribution in [0, 0.1) is 17.3 Å². The van der Waals surface area contributed by atoms with E-state index in [4.69, 9.17) is 0 Å². The van der Waals surface area contributed by atoms with Crippen molar-refractivity contribution in [3.63, 3.8) is 0 Å². The topological polar surface area (TPSA) is 20.2 Å². The van der Waals surface area contributed by atoms with Crippen LogP contribution in [0.2, 0.25) is 0 Å². The van der Waals surface area contributed by atoms with E-state index in [2.05, 4.69) is 24.3 Å². The Morgan fingerprint density at radius 3 is 2.77 bits per heavy atom. The summed E-state index contributed by atoms with van der Waals surface area (Å²) in [6.07, 6.45) is 13.7. The Labute approximate surface area is 79.2 Å². The summed E-state index contributed by atoms with van der Waals surface area (Å²) in [5.74, 6) is 1.26. The smallest absolute Gasteiger partial charge is 0.0642 e. The van der Waals surface area contributed by atoms with Crippen molar-refractivity contribution in [2.24, 2.45) is 17.3 Å². The van der Waals surface area contributed by atoms with Crippen molar-refractivity contribution in [3.05, 3.63) is 24.3 Å². The normalized spacial score (nSPS) is 52.2. The lowest BCUT2D eigenvalue weighted by Gasteiger charge is -2.55. The van der Waals surface area contributed by atoms with Crippen LogP contribution in [0.15, 0.2) is 24.3 Å². The van der Waals surface area contributed by atoms with Gasteiger partial charge in [-0.2, -0.15) is 0 Å². The predicted octanol–water partition coefficient (Wildman–Crippen LogP) is 2.28. The first-order valence-corrected chi connectivity index (χ1v) is 5.38. The molecule has 0 unspecified atom stereocenters. The van der Waals surface area contributed by atoms with Gasteiger partial charge in [0, 0.05) is 5.41 Å². The SMILES string of the molecule is O[C@@H]1CCC[C@@H]2C=CC[C@@H]3C=C[C@@]132. The average molecular weight is 176 g/mol. The van der Waals surface area contributed by atoms with Crippen molar-refractivity contribution in [1.29, 1.82) is 0 Å². The Balaban J connectivity index is 2.02. The number of hydrogen-bond donors (Lipinski definition) is 1.